The number of hydrogen-bond donors (Lipinski definition) is 1. The maximum Gasteiger partial charge on any atom is 0.310 e. The fourth-order valence-electron chi connectivity index (χ4n) is 4.34. The fourth-order valence-corrected chi connectivity index (χ4v) is 4.34. The molecule has 118 valence electrons. The molecular formula is C18H29NO2. The van der Waals surface area contributed by atoms with Crippen LogP contribution in [0.1, 0.15) is 64.2 Å². The summed E-state index contributed by atoms with van der Waals surface area (Å²) < 4.78 is 0. The minimum absolute atomic E-state index is 0.291. The third-order valence-corrected chi connectivity index (χ3v) is 5.93. The van der Waals surface area contributed by atoms with Crippen LogP contribution >= 0.6 is 0 Å². The summed E-state index contributed by atoms with van der Waals surface area (Å²) in [5.41, 5.74) is -0.437. The van der Waals surface area contributed by atoms with E-state index in [1.54, 1.807) is 0 Å². The van der Waals surface area contributed by atoms with Crippen molar-refractivity contribution in [1.29, 1.82) is 0 Å². The van der Waals surface area contributed by atoms with Crippen molar-refractivity contribution in [3.8, 4) is 0 Å². The van der Waals surface area contributed by atoms with Crippen molar-refractivity contribution in [3.63, 3.8) is 0 Å². The van der Waals surface area contributed by atoms with Crippen LogP contribution in [-0.2, 0) is 4.79 Å². The first-order valence-electron chi connectivity index (χ1n) is 8.86. The zero-order valence-corrected chi connectivity index (χ0v) is 13.1. The minimum Gasteiger partial charge on any atom is -0.481 e. The zero-order chi connectivity index (χ0) is 14.7. The Hall–Kier alpha value is -0.830. The molecule has 2 heterocycles. The van der Waals surface area contributed by atoms with Gasteiger partial charge in [0.2, 0.25) is 0 Å². The van der Waals surface area contributed by atoms with E-state index in [1.807, 2.05) is 0 Å². The maximum absolute atomic E-state index is 11.7. The van der Waals surface area contributed by atoms with Gasteiger partial charge in [-0.05, 0) is 64.0 Å². The summed E-state index contributed by atoms with van der Waals surface area (Å²) >= 11 is 0. The van der Waals surface area contributed by atoms with Gasteiger partial charge in [0.05, 0.1) is 5.41 Å². The number of hydrogen-bond acceptors (Lipinski definition) is 2. The van der Waals surface area contributed by atoms with Crippen molar-refractivity contribution in [3.05, 3.63) is 12.2 Å². The van der Waals surface area contributed by atoms with Gasteiger partial charge in [-0.1, -0.05) is 31.4 Å². The number of nitrogens with zero attached hydrogens (tertiary/aromatic N) is 1. The summed E-state index contributed by atoms with van der Waals surface area (Å²) in [7, 11) is 0. The van der Waals surface area contributed by atoms with Crippen molar-refractivity contribution < 1.29 is 9.90 Å². The van der Waals surface area contributed by atoms with E-state index in [1.165, 1.54) is 51.5 Å². The molecule has 3 unspecified atom stereocenters. The first kappa shape index (κ1) is 15.1. The third-order valence-electron chi connectivity index (χ3n) is 5.93. The van der Waals surface area contributed by atoms with Gasteiger partial charge in [-0.15, -0.1) is 0 Å². The van der Waals surface area contributed by atoms with Gasteiger partial charge in [-0.2, -0.15) is 0 Å². The summed E-state index contributed by atoms with van der Waals surface area (Å²) in [6.07, 6.45) is 16.5. The maximum atomic E-state index is 11.7. The number of carboxylic acids is 1. The number of carbonyl (C=O) groups is 1. The van der Waals surface area contributed by atoms with Gasteiger partial charge in [-0.3, -0.25) is 4.79 Å². The molecule has 0 amide bonds. The van der Waals surface area contributed by atoms with Crippen LogP contribution < -0.4 is 0 Å². The lowest BCUT2D eigenvalue weighted by Crippen LogP contribution is -2.33. The van der Waals surface area contributed by atoms with Crippen molar-refractivity contribution in [2.45, 2.75) is 70.3 Å². The smallest absolute Gasteiger partial charge is 0.310 e. The molecule has 0 bridgehead atoms. The van der Waals surface area contributed by atoms with Crippen molar-refractivity contribution in [2.75, 3.05) is 13.1 Å². The van der Waals surface area contributed by atoms with Crippen LogP contribution in [0, 0.1) is 11.3 Å². The molecule has 2 fully saturated rings. The normalized spacial score (nSPS) is 39.8. The zero-order valence-electron chi connectivity index (χ0n) is 13.1. The first-order valence-corrected chi connectivity index (χ1v) is 8.86. The molecule has 1 N–H and O–H groups in total. The molecule has 1 saturated heterocycles. The van der Waals surface area contributed by atoms with E-state index in [4.69, 9.17) is 0 Å². The van der Waals surface area contributed by atoms with E-state index >= 15 is 0 Å². The second-order valence-electron chi connectivity index (χ2n) is 7.27. The summed E-state index contributed by atoms with van der Waals surface area (Å²) in [6.45, 7) is 2.17. The molecule has 3 nitrogen and oxygen atoms in total. The highest BCUT2D eigenvalue weighted by Crippen LogP contribution is 2.56. The Morgan fingerprint density at radius 1 is 1.10 bits per heavy atom. The fraction of sp³-hybridized carbons (Fsp3) is 0.833. The van der Waals surface area contributed by atoms with Gasteiger partial charge in [0.1, 0.15) is 0 Å². The number of allylic oxidation sites excluding steroid dienone is 2. The highest BCUT2D eigenvalue weighted by molar-refractivity contribution is 5.79. The van der Waals surface area contributed by atoms with Crippen molar-refractivity contribution in [2.24, 2.45) is 11.3 Å². The molecule has 3 rings (SSSR count). The van der Waals surface area contributed by atoms with E-state index in [2.05, 4.69) is 17.1 Å². The van der Waals surface area contributed by atoms with Crippen LogP contribution in [0.25, 0.3) is 0 Å². The summed E-state index contributed by atoms with van der Waals surface area (Å²) in [5, 5.41) is 9.63. The molecule has 3 heteroatoms. The quantitative estimate of drug-likeness (QED) is 0.746. The van der Waals surface area contributed by atoms with Crippen LogP contribution in [-0.4, -0.2) is 35.1 Å². The van der Waals surface area contributed by atoms with E-state index in [9.17, 15) is 9.90 Å². The molecular weight excluding hydrogens is 262 g/mol. The molecule has 2 aliphatic heterocycles. The summed E-state index contributed by atoms with van der Waals surface area (Å²) in [5.74, 6) is -0.279. The minimum atomic E-state index is -0.569. The predicted molar refractivity (Wildman–Crippen MR) is 84.2 cm³/mol. The number of aliphatic carboxylic acids is 1. The van der Waals surface area contributed by atoms with Crippen LogP contribution in [0.15, 0.2) is 12.2 Å². The van der Waals surface area contributed by atoms with E-state index in [-0.39, 0.29) is 0 Å². The van der Waals surface area contributed by atoms with Crippen LogP contribution in [0.4, 0.5) is 0 Å². The van der Waals surface area contributed by atoms with Gasteiger partial charge in [-0.25, -0.2) is 0 Å². The van der Waals surface area contributed by atoms with Gasteiger partial charge in [0.25, 0.3) is 0 Å². The number of rotatable bonds is 1. The van der Waals surface area contributed by atoms with Crippen LogP contribution in [0.5, 0.6) is 0 Å². The molecule has 1 saturated carbocycles. The molecule has 1 aliphatic carbocycles. The summed E-state index contributed by atoms with van der Waals surface area (Å²) in [6, 6.07) is 0.728. The SMILES string of the molecule is O=C(O)C12CCN3CCCC3CCCCCC/C=C\C1C2. The monoisotopic (exact) mass is 291 g/mol. The Labute approximate surface area is 128 Å². The van der Waals surface area contributed by atoms with E-state index < -0.39 is 11.4 Å². The Kier molecular flexibility index (Phi) is 4.68. The number of carboxylic acid groups (broad SMARTS) is 1. The van der Waals surface area contributed by atoms with Crippen molar-refractivity contribution >= 4 is 5.97 Å². The topological polar surface area (TPSA) is 40.5 Å². The molecule has 0 aromatic rings. The highest BCUT2D eigenvalue weighted by atomic mass is 16.4. The van der Waals surface area contributed by atoms with Crippen molar-refractivity contribution in [1.82, 2.24) is 4.90 Å². The lowest BCUT2D eigenvalue weighted by atomic mass is 9.97. The molecule has 3 aliphatic rings. The lowest BCUT2D eigenvalue weighted by Gasteiger charge is -2.26. The Bertz CT molecular complexity index is 406. The predicted octanol–water partition coefficient (Wildman–Crippen LogP) is 3.84. The highest BCUT2D eigenvalue weighted by Gasteiger charge is 2.58. The lowest BCUT2D eigenvalue weighted by molar-refractivity contribution is -0.144. The second-order valence-corrected chi connectivity index (χ2v) is 7.27. The molecule has 0 spiro atoms. The molecule has 0 radical (unpaired) electrons. The Morgan fingerprint density at radius 3 is 2.76 bits per heavy atom. The Balaban J connectivity index is 1.66. The Morgan fingerprint density at radius 2 is 1.90 bits per heavy atom. The summed E-state index contributed by atoms with van der Waals surface area (Å²) in [4.78, 5) is 14.3. The average molecular weight is 291 g/mol. The standard InChI is InChI=1S/C18H29NO2/c20-17(21)18-11-13-19-12-7-10-16(19)9-6-4-2-1-3-5-8-15(18)14-18/h5,8,15-16H,1-4,6-7,9-14H2,(H,20,21)/b8-5-. The van der Waals surface area contributed by atoms with Gasteiger partial charge < -0.3 is 10.0 Å². The molecule has 0 aromatic heterocycles. The van der Waals surface area contributed by atoms with Crippen LogP contribution in [0.2, 0.25) is 0 Å². The van der Waals surface area contributed by atoms with Crippen LogP contribution in [0.3, 0.4) is 0 Å². The van der Waals surface area contributed by atoms with Gasteiger partial charge in [0.15, 0.2) is 0 Å². The average Bonchev–Trinajstić information content (AvgIpc) is 3.00. The van der Waals surface area contributed by atoms with Gasteiger partial charge >= 0.3 is 5.97 Å². The number of fused-ring (bicyclic) bond motifs is 2. The molecule has 0 aromatic carbocycles. The van der Waals surface area contributed by atoms with E-state index in [0.717, 1.165) is 31.8 Å². The van der Waals surface area contributed by atoms with E-state index in [0.29, 0.717) is 5.92 Å². The largest absolute Gasteiger partial charge is 0.481 e. The van der Waals surface area contributed by atoms with Gasteiger partial charge in [0, 0.05) is 6.04 Å². The molecule has 21 heavy (non-hydrogen) atoms. The second kappa shape index (κ2) is 6.51. The third kappa shape index (κ3) is 3.33. The first-order chi connectivity index (χ1) is 10.2. The molecule has 3 atom stereocenters.